The van der Waals surface area contributed by atoms with E-state index in [9.17, 15) is 0 Å². The molecule has 0 aromatic carbocycles. The first-order chi connectivity index (χ1) is 8.06. The number of allylic oxidation sites excluding steroid dienone is 7. The molecule has 2 rings (SSSR count). The molecule has 0 saturated heterocycles. The third-order valence-electron chi connectivity index (χ3n) is 2.95. The van der Waals surface area contributed by atoms with Crippen molar-refractivity contribution in [2.45, 2.75) is 38.9 Å². The predicted molar refractivity (Wildman–Crippen MR) is 75.2 cm³/mol. The standard InChI is InChI=1S/C15H21OSi.2ClH.Zr/c1-17(2,3)16-12-11-14-9-6-10-15(14)13-7-4-5-8-13;;;/h4-5,7,10H,6,8,11-12H2,1-3H3;2*1H;/q-1;;;+3/p-2. The molecular formula is C15H21Cl2OSiZr. The van der Waals surface area contributed by atoms with Gasteiger partial charge in [0.25, 0.3) is 0 Å². The second-order valence-corrected chi connectivity index (χ2v) is 10.0. The van der Waals surface area contributed by atoms with Crippen molar-refractivity contribution in [1.29, 1.82) is 0 Å². The molecule has 0 atom stereocenters. The van der Waals surface area contributed by atoms with Crippen LogP contribution in [0.2, 0.25) is 19.6 Å². The Kier molecular flexibility index (Phi) is 11.8. The molecule has 2 aliphatic rings. The summed E-state index contributed by atoms with van der Waals surface area (Å²) in [5.41, 5.74) is 4.21. The van der Waals surface area contributed by atoms with Gasteiger partial charge in [0.05, 0.1) is 0 Å². The summed E-state index contributed by atoms with van der Waals surface area (Å²) in [6.07, 6.45) is 15.4. The fourth-order valence-electron chi connectivity index (χ4n) is 2.15. The Labute approximate surface area is 155 Å². The van der Waals surface area contributed by atoms with Gasteiger partial charge in [0, 0.05) is 6.61 Å². The van der Waals surface area contributed by atoms with Crippen LogP contribution in [0.3, 0.4) is 0 Å². The Balaban J connectivity index is 0. The smallest absolute Gasteiger partial charge is 1.00 e. The Bertz CT molecular complexity index is 420. The number of halogens is 2. The van der Waals surface area contributed by atoms with Gasteiger partial charge < -0.3 is 29.2 Å². The van der Waals surface area contributed by atoms with E-state index in [4.69, 9.17) is 4.43 Å². The fourth-order valence-corrected chi connectivity index (χ4v) is 2.86. The molecule has 0 aliphatic heterocycles. The minimum atomic E-state index is -1.37. The molecule has 0 aromatic heterocycles. The Hall–Kier alpha value is 0.600. The maximum absolute atomic E-state index is 5.92. The summed E-state index contributed by atoms with van der Waals surface area (Å²) in [7, 11) is -1.37. The maximum atomic E-state index is 5.92. The molecule has 109 valence electrons. The van der Waals surface area contributed by atoms with Gasteiger partial charge in [-0.25, -0.2) is 5.57 Å². The fraction of sp³-hybridized carbons (Fsp3) is 0.467. The van der Waals surface area contributed by atoms with Crippen LogP contribution in [0.1, 0.15) is 19.3 Å². The maximum Gasteiger partial charge on any atom is 3.00 e. The molecule has 0 amide bonds. The third kappa shape index (κ3) is 7.04. The van der Waals surface area contributed by atoms with E-state index in [1.54, 1.807) is 0 Å². The molecule has 1 radical (unpaired) electrons. The molecule has 0 bridgehead atoms. The summed E-state index contributed by atoms with van der Waals surface area (Å²) in [4.78, 5) is 0. The zero-order valence-electron chi connectivity index (χ0n) is 12.3. The zero-order chi connectivity index (χ0) is 12.3. The summed E-state index contributed by atoms with van der Waals surface area (Å²) in [6.45, 7) is 7.55. The van der Waals surface area contributed by atoms with E-state index in [0.717, 1.165) is 25.9 Å². The van der Waals surface area contributed by atoms with Crippen molar-refractivity contribution in [2.75, 3.05) is 6.61 Å². The van der Waals surface area contributed by atoms with Crippen molar-refractivity contribution in [3.8, 4) is 0 Å². The Morgan fingerprint density at radius 2 is 1.95 bits per heavy atom. The van der Waals surface area contributed by atoms with Gasteiger partial charge in [0.15, 0.2) is 8.32 Å². The summed E-state index contributed by atoms with van der Waals surface area (Å²) in [5.74, 6) is 0. The van der Waals surface area contributed by atoms with E-state index in [1.807, 2.05) is 0 Å². The molecular weight excluding hydrogens is 386 g/mol. The predicted octanol–water partition coefficient (Wildman–Crippen LogP) is -1.82. The average Bonchev–Trinajstić information content (AvgIpc) is 2.82. The van der Waals surface area contributed by atoms with Gasteiger partial charge in [0.2, 0.25) is 0 Å². The van der Waals surface area contributed by atoms with Crippen molar-refractivity contribution in [3.63, 3.8) is 0 Å². The Morgan fingerprint density at radius 1 is 1.25 bits per heavy atom. The SMILES string of the molecule is C[Si](C)(C)OCCC1=[C-]CC=C1C1=CC=CC1.[Cl-].[Cl-].[Zr+3]. The first-order valence-electron chi connectivity index (χ1n) is 6.36. The molecule has 0 saturated carbocycles. The van der Waals surface area contributed by atoms with E-state index >= 15 is 0 Å². The molecule has 0 unspecified atom stereocenters. The van der Waals surface area contributed by atoms with Gasteiger partial charge in [0.1, 0.15) is 0 Å². The van der Waals surface area contributed by atoms with Crippen LogP contribution in [-0.4, -0.2) is 14.9 Å². The van der Waals surface area contributed by atoms with E-state index in [1.165, 1.54) is 16.7 Å². The van der Waals surface area contributed by atoms with Gasteiger partial charge in [-0.05, 0) is 32.5 Å². The largest absolute Gasteiger partial charge is 3.00 e. The van der Waals surface area contributed by atoms with Crippen molar-refractivity contribution < 1.29 is 55.4 Å². The molecule has 0 fully saturated rings. The van der Waals surface area contributed by atoms with Crippen molar-refractivity contribution in [2.24, 2.45) is 0 Å². The van der Waals surface area contributed by atoms with Gasteiger partial charge >= 0.3 is 26.2 Å². The molecule has 0 spiro atoms. The molecule has 1 nitrogen and oxygen atoms in total. The molecule has 0 aromatic rings. The molecule has 5 heteroatoms. The van der Waals surface area contributed by atoms with Gasteiger partial charge in [-0.3, -0.25) is 6.08 Å². The molecule has 20 heavy (non-hydrogen) atoms. The second kappa shape index (κ2) is 10.3. The number of rotatable bonds is 5. The van der Waals surface area contributed by atoms with Crippen molar-refractivity contribution in [3.05, 3.63) is 47.1 Å². The van der Waals surface area contributed by atoms with E-state index in [2.05, 4.69) is 50.0 Å². The van der Waals surface area contributed by atoms with E-state index < -0.39 is 8.32 Å². The van der Waals surface area contributed by atoms with Crippen LogP contribution in [0.15, 0.2) is 41.0 Å². The normalized spacial score (nSPS) is 16.4. The van der Waals surface area contributed by atoms with Crippen LogP contribution >= 0.6 is 0 Å². The van der Waals surface area contributed by atoms with Crippen LogP contribution < -0.4 is 24.8 Å². The average molecular weight is 408 g/mol. The first kappa shape index (κ1) is 22.9. The second-order valence-electron chi connectivity index (χ2n) is 5.51. The van der Waals surface area contributed by atoms with Gasteiger partial charge in [-0.15, -0.1) is 12.0 Å². The monoisotopic (exact) mass is 405 g/mol. The third-order valence-corrected chi connectivity index (χ3v) is 4.02. The van der Waals surface area contributed by atoms with Crippen LogP contribution in [0.5, 0.6) is 0 Å². The minimum absolute atomic E-state index is 0. The Morgan fingerprint density at radius 3 is 2.50 bits per heavy atom. The number of hydrogen-bond donors (Lipinski definition) is 0. The van der Waals surface area contributed by atoms with E-state index in [-0.39, 0.29) is 51.0 Å². The van der Waals surface area contributed by atoms with Gasteiger partial charge in [-0.2, -0.15) is 11.6 Å². The van der Waals surface area contributed by atoms with Crippen molar-refractivity contribution in [1.82, 2.24) is 0 Å². The zero-order valence-corrected chi connectivity index (χ0v) is 17.3. The van der Waals surface area contributed by atoms with Crippen LogP contribution in [0.4, 0.5) is 0 Å². The quantitative estimate of drug-likeness (QED) is 0.385. The number of hydrogen-bond acceptors (Lipinski definition) is 1. The molecule has 0 N–H and O–H groups in total. The summed E-state index contributed by atoms with van der Waals surface area (Å²) < 4.78 is 5.92. The molecule has 0 heterocycles. The summed E-state index contributed by atoms with van der Waals surface area (Å²) in [5, 5.41) is 0. The summed E-state index contributed by atoms with van der Waals surface area (Å²) >= 11 is 0. The van der Waals surface area contributed by atoms with Crippen molar-refractivity contribution >= 4 is 8.32 Å². The van der Waals surface area contributed by atoms with E-state index in [0.29, 0.717) is 0 Å². The minimum Gasteiger partial charge on any atom is -1.00 e. The van der Waals surface area contributed by atoms with Crippen LogP contribution in [0.25, 0.3) is 0 Å². The molecule has 2 aliphatic carbocycles. The topological polar surface area (TPSA) is 9.23 Å². The van der Waals surface area contributed by atoms with Crippen LogP contribution in [0, 0.1) is 6.08 Å². The van der Waals surface area contributed by atoms with Gasteiger partial charge in [-0.1, -0.05) is 18.2 Å². The van der Waals surface area contributed by atoms with Crippen LogP contribution in [-0.2, 0) is 30.6 Å². The summed E-state index contributed by atoms with van der Waals surface area (Å²) in [6, 6.07) is 0. The first-order valence-corrected chi connectivity index (χ1v) is 9.77.